The van der Waals surface area contributed by atoms with Crippen LogP contribution < -0.4 is 4.74 Å². The van der Waals surface area contributed by atoms with Crippen LogP contribution in [0.25, 0.3) is 0 Å². The van der Waals surface area contributed by atoms with Gasteiger partial charge in [0.15, 0.2) is 6.29 Å². The molecule has 2 atom stereocenters. The topological polar surface area (TPSA) is 27.7 Å². The Morgan fingerprint density at radius 1 is 0.651 bits per heavy atom. The van der Waals surface area contributed by atoms with Gasteiger partial charge in [-0.3, -0.25) is 0 Å². The quantitative estimate of drug-likeness (QED) is 0.149. The third-order valence-corrected chi connectivity index (χ3v) is 22.4. The first-order valence-corrected chi connectivity index (χ1v) is 20.3. The zero-order valence-electron chi connectivity index (χ0n) is 29.1. The maximum atomic E-state index is 6.94. The van der Waals surface area contributed by atoms with Crippen LogP contribution in [0.5, 0.6) is 5.75 Å². The normalized spacial score (nSPS) is 22.3. The van der Waals surface area contributed by atoms with Gasteiger partial charge in [0.2, 0.25) is 11.2 Å². The van der Waals surface area contributed by atoms with E-state index in [1.807, 2.05) is 36.4 Å². The molecule has 0 radical (unpaired) electrons. The molecule has 0 aliphatic carbocycles. The molecule has 1 aliphatic heterocycles. The lowest BCUT2D eigenvalue weighted by Crippen LogP contribution is -2.50. The Morgan fingerprint density at radius 2 is 0.977 bits per heavy atom. The fourth-order valence-corrected chi connectivity index (χ4v) is 18.1. The van der Waals surface area contributed by atoms with E-state index in [0.29, 0.717) is 33.2 Å². The van der Waals surface area contributed by atoms with Crippen molar-refractivity contribution in [1.29, 1.82) is 0 Å². The van der Waals surface area contributed by atoms with Gasteiger partial charge in [0.1, 0.15) is 21.9 Å². The first-order chi connectivity index (χ1) is 20.1. The van der Waals surface area contributed by atoms with Crippen LogP contribution in [0.15, 0.2) is 61.0 Å². The predicted octanol–water partition coefficient (Wildman–Crippen LogP) is 10.3. The van der Waals surface area contributed by atoms with Crippen molar-refractivity contribution in [3.05, 3.63) is 66.6 Å². The fraction of sp³-hybridized carbons (Fsp3) is 0.579. The van der Waals surface area contributed by atoms with Gasteiger partial charge in [-0.05, 0) is 45.4 Å². The smallest absolute Gasteiger partial charge is 0.201 e. The Kier molecular flexibility index (Phi) is 12.4. The molecule has 0 amide bonds. The standard InChI is InChI=1S/C38H56O3Si2/c1-16-22-37(24-26-42(28(3)4,29(5)6)30(7)8)38(23-17-2,25-27-43(31(9)10,32(11)12)33(13)14)41-36(40-37)34-18-20-35(39-15)21-19-34/h18-23,28-33,36H,1-2H2,3-15H3/t37-,38-/m0/s1. The van der Waals surface area contributed by atoms with Crippen molar-refractivity contribution in [2.75, 3.05) is 7.11 Å². The van der Waals surface area contributed by atoms with Gasteiger partial charge in [-0.25, -0.2) is 0 Å². The maximum absolute atomic E-state index is 6.94. The molecule has 3 nitrogen and oxygen atoms in total. The molecule has 43 heavy (non-hydrogen) atoms. The lowest BCUT2D eigenvalue weighted by Gasteiger charge is -2.39. The van der Waals surface area contributed by atoms with E-state index in [1.165, 1.54) is 0 Å². The molecular weight excluding hydrogens is 561 g/mol. The lowest BCUT2D eigenvalue weighted by molar-refractivity contribution is -0.0748. The highest BCUT2D eigenvalue weighted by Gasteiger charge is 2.59. The lowest BCUT2D eigenvalue weighted by atomic mass is 9.83. The molecule has 1 aliphatic rings. The molecule has 1 heterocycles. The van der Waals surface area contributed by atoms with Gasteiger partial charge < -0.3 is 14.2 Å². The average Bonchev–Trinajstić information content (AvgIpc) is 3.22. The molecular formula is C38H56O3Si2. The Morgan fingerprint density at radius 3 is 1.23 bits per heavy atom. The van der Waals surface area contributed by atoms with Crippen molar-refractivity contribution >= 4 is 16.1 Å². The molecule has 5 heteroatoms. The fourth-order valence-electron chi connectivity index (χ4n) is 7.59. The Bertz CT molecular complexity index is 1200. The molecule has 0 saturated carbocycles. The van der Waals surface area contributed by atoms with Crippen molar-refractivity contribution in [2.45, 2.75) is 134 Å². The first kappa shape index (κ1) is 36.7. The van der Waals surface area contributed by atoms with Crippen LogP contribution in [-0.2, 0) is 9.47 Å². The van der Waals surface area contributed by atoms with Crippen LogP contribution in [0.3, 0.4) is 0 Å². The summed E-state index contributed by atoms with van der Waals surface area (Å²) in [5.74, 6) is 8.16. The summed E-state index contributed by atoms with van der Waals surface area (Å²) in [5.41, 5.74) is 14.9. The molecule has 1 aromatic carbocycles. The predicted molar refractivity (Wildman–Crippen MR) is 188 cm³/mol. The Balaban J connectivity index is 3.08. The van der Waals surface area contributed by atoms with E-state index in [9.17, 15) is 0 Å². The van der Waals surface area contributed by atoms with Crippen molar-refractivity contribution in [3.63, 3.8) is 0 Å². The summed E-state index contributed by atoms with van der Waals surface area (Å²) in [4.78, 5) is 0. The molecule has 0 N–H and O–H groups in total. The van der Waals surface area contributed by atoms with E-state index in [2.05, 4.69) is 131 Å². The Hall–Kier alpha value is -2.47. The third-order valence-electron chi connectivity index (χ3n) is 9.80. The van der Waals surface area contributed by atoms with Gasteiger partial charge in [0.05, 0.1) is 7.11 Å². The highest BCUT2D eigenvalue weighted by Crippen LogP contribution is 2.49. The van der Waals surface area contributed by atoms with E-state index >= 15 is 0 Å². The molecule has 1 saturated heterocycles. The van der Waals surface area contributed by atoms with Crippen LogP contribution in [0, 0.1) is 22.9 Å². The van der Waals surface area contributed by atoms with Crippen molar-refractivity contribution in [1.82, 2.24) is 0 Å². The second kappa shape index (κ2) is 14.5. The van der Waals surface area contributed by atoms with E-state index in [-0.39, 0.29) is 0 Å². The second-order valence-corrected chi connectivity index (χ2v) is 25.0. The van der Waals surface area contributed by atoms with Crippen molar-refractivity contribution in [3.8, 4) is 28.7 Å². The molecule has 0 spiro atoms. The minimum absolute atomic E-state index is 0.447. The largest absolute Gasteiger partial charge is 0.497 e. The van der Waals surface area contributed by atoms with Gasteiger partial charge >= 0.3 is 0 Å². The summed E-state index contributed by atoms with van der Waals surface area (Å²) < 4.78 is 19.3. The minimum atomic E-state index is -2.15. The van der Waals surface area contributed by atoms with Crippen LogP contribution in [0.2, 0.25) is 33.2 Å². The monoisotopic (exact) mass is 616 g/mol. The Labute approximate surface area is 265 Å². The molecule has 0 unspecified atom stereocenters. The van der Waals surface area contributed by atoms with Crippen LogP contribution >= 0.6 is 0 Å². The first-order valence-electron chi connectivity index (χ1n) is 15.9. The van der Waals surface area contributed by atoms with Crippen molar-refractivity contribution < 1.29 is 14.2 Å². The molecule has 234 valence electrons. The maximum Gasteiger partial charge on any atom is 0.201 e. The third kappa shape index (κ3) is 6.80. The van der Waals surface area contributed by atoms with Gasteiger partial charge in [0.25, 0.3) is 0 Å². The zero-order chi connectivity index (χ0) is 32.8. The minimum Gasteiger partial charge on any atom is -0.497 e. The number of hydrogen-bond donors (Lipinski definition) is 0. The summed E-state index contributed by atoms with van der Waals surface area (Å²) in [6.45, 7) is 35.7. The summed E-state index contributed by atoms with van der Waals surface area (Å²) in [7, 11) is -2.65. The van der Waals surface area contributed by atoms with E-state index in [0.717, 1.165) is 11.3 Å². The van der Waals surface area contributed by atoms with Gasteiger partial charge in [0, 0.05) is 17.7 Å². The number of ether oxygens (including phenoxy) is 3. The average molecular weight is 617 g/mol. The molecule has 0 aromatic heterocycles. The number of benzene rings is 1. The summed E-state index contributed by atoms with van der Waals surface area (Å²) in [6, 6.07) is 7.75. The van der Waals surface area contributed by atoms with E-state index < -0.39 is 33.6 Å². The van der Waals surface area contributed by atoms with Crippen LogP contribution in [0.1, 0.15) is 94.9 Å². The summed E-state index contributed by atoms with van der Waals surface area (Å²) in [5, 5.41) is 0. The molecule has 2 rings (SSSR count). The van der Waals surface area contributed by atoms with Crippen molar-refractivity contribution in [2.24, 2.45) is 0 Å². The highest BCUT2D eigenvalue weighted by molar-refractivity contribution is 6.91. The van der Waals surface area contributed by atoms with Crippen LogP contribution in [-0.4, -0.2) is 34.5 Å². The van der Waals surface area contributed by atoms with Gasteiger partial charge in [-0.2, -0.15) is 0 Å². The summed E-state index contributed by atoms with van der Waals surface area (Å²) >= 11 is 0. The van der Waals surface area contributed by atoms with Crippen LogP contribution in [0.4, 0.5) is 0 Å². The van der Waals surface area contributed by atoms with Gasteiger partial charge in [-0.1, -0.05) is 120 Å². The van der Waals surface area contributed by atoms with Gasteiger partial charge in [-0.15, -0.1) is 22.5 Å². The second-order valence-electron chi connectivity index (χ2n) is 13.8. The zero-order valence-corrected chi connectivity index (χ0v) is 31.1. The van der Waals surface area contributed by atoms with E-state index in [4.69, 9.17) is 14.2 Å². The number of hydrogen-bond acceptors (Lipinski definition) is 3. The SMILES string of the molecule is C=C=C[C@@]1(C#C[Si](C(C)C)(C(C)C)C(C)C)OC(c2ccc(OC)cc2)O[C@]1(C#C[Si](C(C)C)(C(C)C)C(C)C)C=C=C. The molecule has 1 fully saturated rings. The number of rotatable bonds is 10. The summed E-state index contributed by atoms with van der Waals surface area (Å²) in [6.07, 6.45) is 2.90. The highest BCUT2D eigenvalue weighted by atomic mass is 28.3. The molecule has 0 bridgehead atoms. The number of methoxy groups -OCH3 is 1. The molecule has 1 aromatic rings. The van der Waals surface area contributed by atoms with E-state index in [1.54, 1.807) is 7.11 Å².